The van der Waals surface area contributed by atoms with Crippen LogP contribution in [-0.2, 0) is 49.1 Å². The van der Waals surface area contributed by atoms with Crippen molar-refractivity contribution in [2.75, 3.05) is 11.9 Å². The maximum atomic E-state index is 11.4. The molecule has 1 aromatic carbocycles. The Morgan fingerprint density at radius 3 is 2.72 bits per heavy atom. The topological polar surface area (TPSA) is 73.2 Å². The summed E-state index contributed by atoms with van der Waals surface area (Å²) in [5, 5.41) is 3.28. The SMILES string of the molecule is Cc1cc2c(cc1S(=N)(=O)O)NCCCCC2.[Y]. The predicted octanol–water partition coefficient (Wildman–Crippen LogP) is 3.01. The standard InChI is InChI=1S/C12H18N2O2S.Y/c1-9-7-10-5-3-2-4-6-14-11(10)8-12(9)17(13,15)16;/h7-8,14H,2-6H2,1H3,(H2,13,15,16);. The monoisotopic (exact) mass is 343 g/mol. The molecule has 1 unspecified atom stereocenters. The first kappa shape index (κ1) is 16.1. The van der Waals surface area contributed by atoms with Gasteiger partial charge in [-0.05, 0) is 43.4 Å². The Bertz CT molecular complexity index is 529. The van der Waals surface area contributed by atoms with Crippen LogP contribution in [0.2, 0.25) is 0 Å². The molecule has 0 aliphatic carbocycles. The Hall–Kier alpha value is 0.0339. The van der Waals surface area contributed by atoms with E-state index in [9.17, 15) is 8.76 Å². The Labute approximate surface area is 134 Å². The number of benzene rings is 1. The summed E-state index contributed by atoms with van der Waals surface area (Å²) < 4.78 is 28.1. The minimum absolute atomic E-state index is 0. The van der Waals surface area contributed by atoms with E-state index in [2.05, 4.69) is 5.32 Å². The van der Waals surface area contributed by atoms with Crippen LogP contribution < -0.4 is 5.32 Å². The smallest absolute Gasteiger partial charge is 0.188 e. The van der Waals surface area contributed by atoms with Crippen molar-refractivity contribution in [2.24, 2.45) is 0 Å². The molecule has 0 saturated carbocycles. The summed E-state index contributed by atoms with van der Waals surface area (Å²) in [5.74, 6) is 0. The Kier molecular flexibility index (Phi) is 5.78. The number of nitrogens with one attached hydrogen (secondary N) is 2. The van der Waals surface area contributed by atoms with Gasteiger partial charge in [0.15, 0.2) is 10.0 Å². The maximum Gasteiger partial charge on any atom is 0.188 e. The van der Waals surface area contributed by atoms with E-state index in [1.807, 2.05) is 6.07 Å². The van der Waals surface area contributed by atoms with Crippen LogP contribution in [0.3, 0.4) is 0 Å². The molecule has 18 heavy (non-hydrogen) atoms. The van der Waals surface area contributed by atoms with E-state index in [-0.39, 0.29) is 37.6 Å². The Morgan fingerprint density at radius 1 is 1.33 bits per heavy atom. The zero-order valence-corrected chi connectivity index (χ0v) is 14.2. The van der Waals surface area contributed by atoms with Gasteiger partial charge in [-0.25, -0.2) is 8.99 Å². The second kappa shape index (κ2) is 6.46. The van der Waals surface area contributed by atoms with Gasteiger partial charge >= 0.3 is 0 Å². The van der Waals surface area contributed by atoms with Crippen molar-refractivity contribution in [1.29, 1.82) is 4.78 Å². The molecular weight excluding hydrogens is 325 g/mol. The van der Waals surface area contributed by atoms with Gasteiger partial charge in [0.25, 0.3) is 0 Å². The van der Waals surface area contributed by atoms with Gasteiger partial charge in [-0.1, -0.05) is 12.5 Å². The largest absolute Gasteiger partial charge is 0.385 e. The molecular formula is C12H18N2O2SY. The molecule has 1 atom stereocenters. The van der Waals surface area contributed by atoms with Gasteiger partial charge in [-0.15, -0.1) is 0 Å². The van der Waals surface area contributed by atoms with Crippen LogP contribution in [0.5, 0.6) is 0 Å². The van der Waals surface area contributed by atoms with Crippen molar-refractivity contribution in [2.45, 2.75) is 37.5 Å². The molecule has 4 nitrogen and oxygen atoms in total. The summed E-state index contributed by atoms with van der Waals surface area (Å²) in [6, 6.07) is 3.61. The summed E-state index contributed by atoms with van der Waals surface area (Å²) in [4.78, 5) is 0.226. The first-order valence-corrected chi connectivity index (χ1v) is 7.38. The summed E-state index contributed by atoms with van der Waals surface area (Å²) in [5.41, 5.74) is 2.84. The molecule has 3 N–H and O–H groups in total. The molecule has 0 fully saturated rings. The van der Waals surface area contributed by atoms with Gasteiger partial charge in [0.2, 0.25) is 0 Å². The first-order chi connectivity index (χ1) is 7.98. The quantitative estimate of drug-likeness (QED) is 0.734. The molecule has 1 aliphatic heterocycles. The average Bonchev–Trinajstić information content (AvgIpc) is 2.18. The van der Waals surface area contributed by atoms with Gasteiger partial charge in [-0.2, -0.15) is 0 Å². The van der Waals surface area contributed by atoms with Crippen LogP contribution >= 0.6 is 0 Å². The normalized spacial score (nSPS) is 18.3. The summed E-state index contributed by atoms with van der Waals surface area (Å²) in [6.07, 6.45) is 4.48. The molecule has 0 amide bonds. The van der Waals surface area contributed by atoms with Gasteiger partial charge in [-0.3, -0.25) is 4.55 Å². The minimum atomic E-state index is -3.63. The molecule has 97 valence electrons. The predicted molar refractivity (Wildman–Crippen MR) is 69.0 cm³/mol. The summed E-state index contributed by atoms with van der Waals surface area (Å²) in [7, 11) is -3.63. The number of hydrogen-bond donors (Lipinski definition) is 3. The van der Waals surface area contributed by atoms with E-state index in [0.717, 1.165) is 37.1 Å². The molecule has 0 saturated heterocycles. The zero-order chi connectivity index (χ0) is 12.5. The fraction of sp³-hybridized carbons (Fsp3) is 0.500. The maximum absolute atomic E-state index is 11.4. The molecule has 2 rings (SSSR count). The van der Waals surface area contributed by atoms with Crippen LogP contribution in [0.4, 0.5) is 5.69 Å². The van der Waals surface area contributed by atoms with E-state index in [0.29, 0.717) is 0 Å². The number of hydrogen-bond acceptors (Lipinski definition) is 3. The van der Waals surface area contributed by atoms with Gasteiger partial charge in [0.1, 0.15) is 0 Å². The van der Waals surface area contributed by atoms with Gasteiger partial charge < -0.3 is 5.32 Å². The van der Waals surface area contributed by atoms with Crippen molar-refractivity contribution in [3.8, 4) is 0 Å². The van der Waals surface area contributed by atoms with E-state index < -0.39 is 10.0 Å². The number of fused-ring (bicyclic) bond motifs is 1. The summed E-state index contributed by atoms with van der Waals surface area (Å²) >= 11 is 0. The minimum Gasteiger partial charge on any atom is -0.385 e. The van der Waals surface area contributed by atoms with Crippen LogP contribution in [0.25, 0.3) is 0 Å². The molecule has 1 heterocycles. The fourth-order valence-electron chi connectivity index (χ4n) is 2.26. The van der Waals surface area contributed by atoms with E-state index in [4.69, 9.17) is 4.78 Å². The molecule has 6 heteroatoms. The van der Waals surface area contributed by atoms with Gasteiger partial charge in [0, 0.05) is 44.9 Å². The Morgan fingerprint density at radius 2 is 2.06 bits per heavy atom. The van der Waals surface area contributed by atoms with Crippen molar-refractivity contribution < 1.29 is 41.5 Å². The zero-order valence-electron chi connectivity index (χ0n) is 10.5. The molecule has 0 bridgehead atoms. The van der Waals surface area contributed by atoms with Gasteiger partial charge in [0.05, 0.1) is 4.90 Å². The van der Waals surface area contributed by atoms with Crippen molar-refractivity contribution in [3.63, 3.8) is 0 Å². The molecule has 1 radical (unpaired) electrons. The van der Waals surface area contributed by atoms with Crippen LogP contribution in [-0.4, -0.2) is 15.3 Å². The van der Waals surface area contributed by atoms with Crippen LogP contribution in [0, 0.1) is 11.7 Å². The molecule has 1 aliphatic rings. The molecule has 0 aromatic heterocycles. The van der Waals surface area contributed by atoms with Crippen LogP contribution in [0.1, 0.15) is 30.4 Å². The fourth-order valence-corrected chi connectivity index (χ4v) is 3.03. The number of aryl methyl sites for hydroxylation is 2. The summed E-state index contributed by atoms with van der Waals surface area (Å²) in [6.45, 7) is 2.68. The van der Waals surface area contributed by atoms with Crippen molar-refractivity contribution >= 4 is 15.7 Å². The average molecular weight is 343 g/mol. The van der Waals surface area contributed by atoms with E-state index >= 15 is 0 Å². The van der Waals surface area contributed by atoms with E-state index in [1.165, 1.54) is 12.0 Å². The number of rotatable bonds is 1. The molecule has 0 spiro atoms. The Balaban J connectivity index is 0.00000162. The third kappa shape index (κ3) is 3.76. The first-order valence-electron chi connectivity index (χ1n) is 5.87. The second-order valence-corrected chi connectivity index (χ2v) is 6.03. The van der Waals surface area contributed by atoms with Crippen molar-refractivity contribution in [1.82, 2.24) is 0 Å². The molecule has 1 aromatic rings. The second-order valence-electron chi connectivity index (χ2n) is 4.54. The van der Waals surface area contributed by atoms with E-state index in [1.54, 1.807) is 13.0 Å². The number of anilines is 1. The third-order valence-corrected chi connectivity index (χ3v) is 4.17. The van der Waals surface area contributed by atoms with Crippen molar-refractivity contribution in [3.05, 3.63) is 23.3 Å². The third-order valence-electron chi connectivity index (χ3n) is 3.14. The van der Waals surface area contributed by atoms with Crippen LogP contribution in [0.15, 0.2) is 17.0 Å².